The second-order valence-corrected chi connectivity index (χ2v) is 9.58. The molecule has 10 heteroatoms. The molecule has 0 aliphatic carbocycles. The van der Waals surface area contributed by atoms with E-state index in [9.17, 15) is 22.8 Å². The first kappa shape index (κ1) is 22.7. The molecule has 1 aromatic carbocycles. The Hall–Kier alpha value is -2.62. The van der Waals surface area contributed by atoms with Gasteiger partial charge in [-0.25, -0.2) is 13.2 Å². The summed E-state index contributed by atoms with van der Waals surface area (Å²) in [5.74, 6) is -1.23. The Bertz CT molecular complexity index is 850. The summed E-state index contributed by atoms with van der Waals surface area (Å²) < 4.78 is 33.7. The van der Waals surface area contributed by atoms with Gasteiger partial charge in [0.05, 0.1) is 17.1 Å². The van der Waals surface area contributed by atoms with Gasteiger partial charge in [0.1, 0.15) is 5.75 Å². The molecule has 0 bridgehead atoms. The third-order valence-electron chi connectivity index (χ3n) is 4.33. The molecule has 9 nitrogen and oxygen atoms in total. The molecule has 0 unspecified atom stereocenters. The standard InChI is InChI=1S/C19H26N2O7S/c1-13(2)9-21(15-7-8-29(25,26)12-15)18(23)11-28-19(24)14-3-5-16(6-4-14)27-10-17(20)22/h3-6,13,15H,7-12H2,1-2H3,(H2,20,22)/t15-/m0/s1. The molecular weight excluding hydrogens is 400 g/mol. The molecule has 0 aromatic heterocycles. The fourth-order valence-corrected chi connectivity index (χ4v) is 4.74. The van der Waals surface area contributed by atoms with E-state index in [1.165, 1.54) is 29.2 Å². The monoisotopic (exact) mass is 426 g/mol. The average molecular weight is 426 g/mol. The summed E-state index contributed by atoms with van der Waals surface area (Å²) in [7, 11) is -3.14. The molecule has 1 aliphatic rings. The van der Waals surface area contributed by atoms with E-state index in [0.29, 0.717) is 18.7 Å². The Morgan fingerprint density at radius 1 is 1.17 bits per heavy atom. The number of carbonyl (C=O) groups excluding carboxylic acids is 3. The van der Waals surface area contributed by atoms with Crippen molar-refractivity contribution in [2.24, 2.45) is 11.7 Å². The molecule has 1 fully saturated rings. The summed E-state index contributed by atoms with van der Waals surface area (Å²) in [4.78, 5) is 37.0. The molecule has 1 saturated heterocycles. The van der Waals surface area contributed by atoms with Gasteiger partial charge in [-0.3, -0.25) is 9.59 Å². The Morgan fingerprint density at radius 3 is 2.34 bits per heavy atom. The maximum atomic E-state index is 12.6. The first-order chi connectivity index (χ1) is 13.6. The van der Waals surface area contributed by atoms with Crippen LogP contribution in [-0.2, 0) is 24.2 Å². The summed E-state index contributed by atoms with van der Waals surface area (Å²) in [6, 6.07) is 5.46. The molecule has 160 valence electrons. The molecule has 29 heavy (non-hydrogen) atoms. The largest absolute Gasteiger partial charge is 0.484 e. The Morgan fingerprint density at radius 2 is 1.83 bits per heavy atom. The molecule has 1 heterocycles. The quantitative estimate of drug-likeness (QED) is 0.564. The van der Waals surface area contributed by atoms with Gasteiger partial charge in [0.25, 0.3) is 11.8 Å². The van der Waals surface area contributed by atoms with Gasteiger partial charge in [-0.1, -0.05) is 13.8 Å². The maximum Gasteiger partial charge on any atom is 0.338 e. The van der Waals surface area contributed by atoms with Crippen LogP contribution in [0.15, 0.2) is 24.3 Å². The van der Waals surface area contributed by atoms with Crippen LogP contribution in [0.2, 0.25) is 0 Å². The highest BCUT2D eigenvalue weighted by Gasteiger charge is 2.35. The normalized spacial score (nSPS) is 17.7. The molecule has 2 N–H and O–H groups in total. The summed E-state index contributed by atoms with van der Waals surface area (Å²) in [5, 5.41) is 0. The number of nitrogens with two attached hydrogens (primary N) is 1. The summed E-state index contributed by atoms with van der Waals surface area (Å²) in [6.07, 6.45) is 0.390. The van der Waals surface area contributed by atoms with Gasteiger partial charge < -0.3 is 20.1 Å². The lowest BCUT2D eigenvalue weighted by Gasteiger charge is -2.29. The number of carbonyl (C=O) groups is 3. The Kier molecular flexibility index (Phi) is 7.60. The maximum absolute atomic E-state index is 12.6. The number of esters is 1. The van der Waals surface area contributed by atoms with Crippen molar-refractivity contribution < 1.29 is 32.3 Å². The third kappa shape index (κ3) is 7.04. The molecule has 2 amide bonds. The summed E-state index contributed by atoms with van der Waals surface area (Å²) >= 11 is 0. The van der Waals surface area contributed by atoms with Crippen molar-refractivity contribution in [2.45, 2.75) is 26.3 Å². The molecule has 0 radical (unpaired) electrons. The number of benzene rings is 1. The highest BCUT2D eigenvalue weighted by Crippen LogP contribution is 2.19. The van der Waals surface area contributed by atoms with Crippen molar-refractivity contribution in [3.63, 3.8) is 0 Å². The van der Waals surface area contributed by atoms with Crippen molar-refractivity contribution >= 4 is 27.6 Å². The average Bonchev–Trinajstić information content (AvgIpc) is 3.02. The molecule has 1 atom stereocenters. The SMILES string of the molecule is CC(C)CN(C(=O)COC(=O)c1ccc(OCC(N)=O)cc1)[C@H]1CCS(=O)(=O)C1. The molecular formula is C19H26N2O7S. The van der Waals surface area contributed by atoms with Gasteiger partial charge in [0, 0.05) is 12.6 Å². The first-order valence-electron chi connectivity index (χ1n) is 9.25. The topological polar surface area (TPSA) is 133 Å². The number of sulfone groups is 1. The van der Waals surface area contributed by atoms with Crippen LogP contribution >= 0.6 is 0 Å². The van der Waals surface area contributed by atoms with Crippen LogP contribution in [0.3, 0.4) is 0 Å². The van der Waals surface area contributed by atoms with Gasteiger partial charge in [-0.05, 0) is 36.6 Å². The zero-order chi connectivity index (χ0) is 21.6. The van der Waals surface area contributed by atoms with Crippen molar-refractivity contribution in [2.75, 3.05) is 31.3 Å². The fraction of sp³-hybridized carbons (Fsp3) is 0.526. The van der Waals surface area contributed by atoms with Gasteiger partial charge in [0.15, 0.2) is 23.1 Å². The first-order valence-corrected chi connectivity index (χ1v) is 11.1. The Labute approximate surface area is 170 Å². The van der Waals surface area contributed by atoms with Gasteiger partial charge in [-0.2, -0.15) is 0 Å². The highest BCUT2D eigenvalue weighted by molar-refractivity contribution is 7.91. The molecule has 1 aliphatic heterocycles. The third-order valence-corrected chi connectivity index (χ3v) is 6.08. The minimum Gasteiger partial charge on any atom is -0.484 e. The predicted molar refractivity (Wildman–Crippen MR) is 105 cm³/mol. The molecule has 0 saturated carbocycles. The van der Waals surface area contributed by atoms with Crippen LogP contribution in [0.25, 0.3) is 0 Å². The summed E-state index contributed by atoms with van der Waals surface area (Å²) in [6.45, 7) is 3.50. The van der Waals surface area contributed by atoms with E-state index in [1.807, 2.05) is 13.8 Å². The second-order valence-electron chi connectivity index (χ2n) is 7.35. The molecule has 0 spiro atoms. The van der Waals surface area contributed by atoms with Crippen LogP contribution in [0, 0.1) is 5.92 Å². The lowest BCUT2D eigenvalue weighted by Crippen LogP contribution is -2.45. The van der Waals surface area contributed by atoms with Crippen LogP contribution in [0.1, 0.15) is 30.6 Å². The van der Waals surface area contributed by atoms with Gasteiger partial charge >= 0.3 is 5.97 Å². The van der Waals surface area contributed by atoms with E-state index >= 15 is 0 Å². The van der Waals surface area contributed by atoms with E-state index in [0.717, 1.165) is 0 Å². The number of ether oxygens (including phenoxy) is 2. The minimum atomic E-state index is -3.14. The number of nitrogens with zero attached hydrogens (tertiary/aromatic N) is 1. The van der Waals surface area contributed by atoms with Gasteiger partial charge in [-0.15, -0.1) is 0 Å². The zero-order valence-electron chi connectivity index (χ0n) is 16.5. The fourth-order valence-electron chi connectivity index (χ4n) is 3.00. The lowest BCUT2D eigenvalue weighted by atomic mass is 10.1. The van der Waals surface area contributed by atoms with E-state index in [1.54, 1.807) is 0 Å². The van der Waals surface area contributed by atoms with E-state index in [-0.39, 0.29) is 29.6 Å². The van der Waals surface area contributed by atoms with Crippen molar-refractivity contribution in [1.29, 1.82) is 0 Å². The number of rotatable bonds is 9. The van der Waals surface area contributed by atoms with Crippen molar-refractivity contribution in [3.8, 4) is 5.75 Å². The van der Waals surface area contributed by atoms with Crippen molar-refractivity contribution in [1.82, 2.24) is 4.90 Å². The number of hydrogen-bond donors (Lipinski definition) is 1. The molecule has 1 aromatic rings. The number of hydrogen-bond acceptors (Lipinski definition) is 7. The lowest BCUT2D eigenvalue weighted by molar-refractivity contribution is -0.137. The van der Waals surface area contributed by atoms with Crippen LogP contribution in [0.4, 0.5) is 0 Å². The second kappa shape index (κ2) is 9.73. The molecule has 2 rings (SSSR count). The van der Waals surface area contributed by atoms with Gasteiger partial charge in [0.2, 0.25) is 0 Å². The van der Waals surface area contributed by atoms with E-state index in [4.69, 9.17) is 15.2 Å². The predicted octanol–water partition coefficient (Wildman–Crippen LogP) is 0.379. The van der Waals surface area contributed by atoms with Crippen LogP contribution in [0.5, 0.6) is 5.75 Å². The highest BCUT2D eigenvalue weighted by atomic mass is 32.2. The number of primary amides is 1. The zero-order valence-corrected chi connectivity index (χ0v) is 17.3. The van der Waals surface area contributed by atoms with E-state index < -0.39 is 40.3 Å². The number of amides is 2. The van der Waals surface area contributed by atoms with Crippen molar-refractivity contribution in [3.05, 3.63) is 29.8 Å². The Balaban J connectivity index is 1.94. The minimum absolute atomic E-state index is 0.0590. The van der Waals surface area contributed by atoms with Crippen LogP contribution in [-0.4, -0.2) is 68.4 Å². The van der Waals surface area contributed by atoms with E-state index in [2.05, 4.69) is 0 Å². The smallest absolute Gasteiger partial charge is 0.338 e. The summed E-state index contributed by atoms with van der Waals surface area (Å²) in [5.41, 5.74) is 5.20. The van der Waals surface area contributed by atoms with Crippen LogP contribution < -0.4 is 10.5 Å².